The van der Waals surface area contributed by atoms with E-state index in [1.165, 1.54) is 23.5 Å². The van der Waals surface area contributed by atoms with Gasteiger partial charge in [-0.05, 0) is 46.3 Å². The molecule has 8 heteroatoms. The van der Waals surface area contributed by atoms with E-state index in [1.807, 2.05) is 12.1 Å². The van der Waals surface area contributed by atoms with Crippen molar-refractivity contribution in [2.45, 2.75) is 11.4 Å². The van der Waals surface area contributed by atoms with Gasteiger partial charge in [0, 0.05) is 21.6 Å². The average molecular weight is 382 g/mol. The van der Waals surface area contributed by atoms with Crippen LogP contribution in [0.5, 0.6) is 0 Å². The molecular formula is C11H10BrClN2O2S2. The lowest BCUT2D eigenvalue weighted by Crippen LogP contribution is -2.12. The predicted octanol–water partition coefficient (Wildman–Crippen LogP) is 3.42. The van der Waals surface area contributed by atoms with Gasteiger partial charge in [-0.2, -0.15) is 0 Å². The number of rotatable bonds is 4. The molecule has 0 aliphatic rings. The molecule has 3 N–H and O–H groups in total. The van der Waals surface area contributed by atoms with Crippen molar-refractivity contribution in [1.82, 2.24) is 0 Å². The number of thiophene rings is 1. The molecule has 0 atom stereocenters. The molecule has 0 saturated heterocycles. The monoisotopic (exact) mass is 380 g/mol. The highest BCUT2D eigenvalue weighted by molar-refractivity contribution is 9.10. The Kier molecular flexibility index (Phi) is 4.52. The zero-order valence-electron chi connectivity index (χ0n) is 9.56. The Morgan fingerprint density at radius 2 is 2.05 bits per heavy atom. The van der Waals surface area contributed by atoms with Crippen molar-refractivity contribution in [3.63, 3.8) is 0 Å². The van der Waals surface area contributed by atoms with E-state index in [4.69, 9.17) is 16.7 Å². The van der Waals surface area contributed by atoms with Gasteiger partial charge >= 0.3 is 0 Å². The largest absolute Gasteiger partial charge is 0.379 e. The second-order valence-corrected chi connectivity index (χ2v) is 7.96. The van der Waals surface area contributed by atoms with Gasteiger partial charge < -0.3 is 5.32 Å². The Balaban J connectivity index is 2.14. The molecule has 0 bridgehead atoms. The summed E-state index contributed by atoms with van der Waals surface area (Å²) in [7, 11) is -3.68. The quantitative estimate of drug-likeness (QED) is 0.852. The van der Waals surface area contributed by atoms with Crippen molar-refractivity contribution < 1.29 is 8.42 Å². The minimum atomic E-state index is -3.68. The fraction of sp³-hybridized carbons (Fsp3) is 0.0909. The van der Waals surface area contributed by atoms with Crippen LogP contribution < -0.4 is 10.5 Å². The molecule has 0 aliphatic carbocycles. The third-order valence-electron chi connectivity index (χ3n) is 2.35. The van der Waals surface area contributed by atoms with Crippen LogP contribution in [0.3, 0.4) is 0 Å². The molecular weight excluding hydrogens is 372 g/mol. The van der Waals surface area contributed by atoms with Gasteiger partial charge in [-0.1, -0.05) is 11.6 Å². The number of anilines is 1. The molecule has 0 unspecified atom stereocenters. The lowest BCUT2D eigenvalue weighted by molar-refractivity contribution is 0.598. The first kappa shape index (κ1) is 14.8. The lowest BCUT2D eigenvalue weighted by Gasteiger charge is -2.08. The van der Waals surface area contributed by atoms with Crippen molar-refractivity contribution in [1.29, 1.82) is 0 Å². The highest BCUT2D eigenvalue weighted by atomic mass is 79.9. The molecule has 2 aromatic rings. The molecule has 4 nitrogen and oxygen atoms in total. The van der Waals surface area contributed by atoms with Crippen LogP contribution in [0.2, 0.25) is 4.34 Å². The second kappa shape index (κ2) is 5.80. The first-order valence-electron chi connectivity index (χ1n) is 5.17. The van der Waals surface area contributed by atoms with E-state index in [0.717, 1.165) is 14.9 Å². The number of halogens is 2. The molecule has 1 aromatic heterocycles. The van der Waals surface area contributed by atoms with Crippen molar-refractivity contribution >= 4 is 54.6 Å². The van der Waals surface area contributed by atoms with Gasteiger partial charge in [0.2, 0.25) is 10.0 Å². The van der Waals surface area contributed by atoms with Crippen LogP contribution in [-0.4, -0.2) is 8.42 Å². The molecule has 0 aliphatic heterocycles. The van der Waals surface area contributed by atoms with E-state index in [1.54, 1.807) is 6.07 Å². The number of nitrogens with two attached hydrogens (primary N) is 1. The summed E-state index contributed by atoms with van der Waals surface area (Å²) in [6, 6.07) is 8.37. The molecule has 1 heterocycles. The van der Waals surface area contributed by atoms with Crippen molar-refractivity contribution in [3.05, 3.63) is 44.0 Å². The van der Waals surface area contributed by atoms with Crippen LogP contribution in [0, 0.1) is 0 Å². The zero-order chi connectivity index (χ0) is 14.0. The third kappa shape index (κ3) is 3.93. The molecule has 1 aromatic carbocycles. The van der Waals surface area contributed by atoms with Crippen LogP contribution in [-0.2, 0) is 16.6 Å². The molecule has 0 spiro atoms. The van der Waals surface area contributed by atoms with Gasteiger partial charge in [0.1, 0.15) is 0 Å². The minimum Gasteiger partial charge on any atom is -0.379 e. The Morgan fingerprint density at radius 3 is 2.58 bits per heavy atom. The van der Waals surface area contributed by atoms with Crippen LogP contribution in [0.4, 0.5) is 5.69 Å². The summed E-state index contributed by atoms with van der Waals surface area (Å²) in [5.74, 6) is 0. The summed E-state index contributed by atoms with van der Waals surface area (Å²) in [4.78, 5) is 1.16. The maximum atomic E-state index is 11.2. The first-order chi connectivity index (χ1) is 8.86. The minimum absolute atomic E-state index is 0.0732. The maximum Gasteiger partial charge on any atom is 0.238 e. The van der Waals surface area contributed by atoms with Crippen LogP contribution >= 0.6 is 38.9 Å². The third-order valence-corrected chi connectivity index (χ3v) is 5.15. The number of primary sulfonamides is 1. The number of hydrogen-bond donors (Lipinski definition) is 2. The van der Waals surface area contributed by atoms with E-state index in [2.05, 4.69) is 21.2 Å². The summed E-state index contributed by atoms with van der Waals surface area (Å²) in [6.07, 6.45) is 0. The summed E-state index contributed by atoms with van der Waals surface area (Å²) in [5.41, 5.74) is 0.789. The Hall–Kier alpha value is -0.600. The summed E-state index contributed by atoms with van der Waals surface area (Å²) < 4.78 is 23.8. The van der Waals surface area contributed by atoms with E-state index < -0.39 is 10.0 Å². The standard InChI is InChI=1S/C11H10BrClN2O2S2/c12-9-5-8(19(14,16)17)2-3-10(9)15-6-7-1-4-11(13)18-7/h1-5,15H,6H2,(H2,14,16,17). The molecule has 0 fully saturated rings. The smallest absolute Gasteiger partial charge is 0.238 e. The number of sulfonamides is 1. The average Bonchev–Trinajstić information content (AvgIpc) is 2.72. The van der Waals surface area contributed by atoms with Gasteiger partial charge in [-0.15, -0.1) is 11.3 Å². The summed E-state index contributed by atoms with van der Waals surface area (Å²) in [5, 5.41) is 8.25. The fourth-order valence-electron chi connectivity index (χ4n) is 1.45. The number of benzene rings is 1. The van der Waals surface area contributed by atoms with Crippen LogP contribution in [0.25, 0.3) is 0 Å². The van der Waals surface area contributed by atoms with E-state index in [0.29, 0.717) is 11.0 Å². The van der Waals surface area contributed by atoms with Gasteiger partial charge in [-0.25, -0.2) is 13.6 Å². The van der Waals surface area contributed by atoms with E-state index >= 15 is 0 Å². The Labute approximate surface area is 128 Å². The normalized spacial score (nSPS) is 11.5. The molecule has 102 valence electrons. The van der Waals surface area contributed by atoms with Gasteiger partial charge in [0.25, 0.3) is 0 Å². The zero-order valence-corrected chi connectivity index (χ0v) is 13.5. The highest BCUT2D eigenvalue weighted by Gasteiger charge is 2.10. The summed E-state index contributed by atoms with van der Waals surface area (Å²) >= 11 is 10.7. The van der Waals surface area contributed by atoms with Crippen molar-refractivity contribution in [3.8, 4) is 0 Å². The SMILES string of the molecule is NS(=O)(=O)c1ccc(NCc2ccc(Cl)s2)c(Br)c1. The van der Waals surface area contributed by atoms with Gasteiger partial charge in [0.05, 0.1) is 9.23 Å². The predicted molar refractivity (Wildman–Crippen MR) is 82.2 cm³/mol. The van der Waals surface area contributed by atoms with Crippen molar-refractivity contribution in [2.75, 3.05) is 5.32 Å². The maximum absolute atomic E-state index is 11.2. The van der Waals surface area contributed by atoms with Gasteiger partial charge in [-0.3, -0.25) is 0 Å². The van der Waals surface area contributed by atoms with Crippen LogP contribution in [0.1, 0.15) is 4.88 Å². The molecule has 19 heavy (non-hydrogen) atoms. The molecule has 0 amide bonds. The first-order valence-corrected chi connectivity index (χ1v) is 8.70. The topological polar surface area (TPSA) is 72.2 Å². The number of hydrogen-bond acceptors (Lipinski definition) is 4. The number of nitrogens with one attached hydrogen (secondary N) is 1. The highest BCUT2D eigenvalue weighted by Crippen LogP contribution is 2.27. The molecule has 0 radical (unpaired) electrons. The molecule has 2 rings (SSSR count). The Morgan fingerprint density at radius 1 is 1.32 bits per heavy atom. The fourth-order valence-corrected chi connectivity index (χ4v) is 3.68. The molecule has 0 saturated carbocycles. The van der Waals surface area contributed by atoms with E-state index in [-0.39, 0.29) is 4.90 Å². The second-order valence-electron chi connectivity index (χ2n) is 3.75. The summed E-state index contributed by atoms with van der Waals surface area (Å²) in [6.45, 7) is 0.616. The van der Waals surface area contributed by atoms with Crippen molar-refractivity contribution in [2.24, 2.45) is 5.14 Å². The Bertz CT molecular complexity index is 700. The van der Waals surface area contributed by atoms with Crippen LogP contribution in [0.15, 0.2) is 39.7 Å². The lowest BCUT2D eigenvalue weighted by atomic mass is 10.3. The van der Waals surface area contributed by atoms with E-state index in [9.17, 15) is 8.42 Å². The van der Waals surface area contributed by atoms with Gasteiger partial charge in [0.15, 0.2) is 0 Å².